The third kappa shape index (κ3) is 8.54. The van der Waals surface area contributed by atoms with Gasteiger partial charge in [0.2, 0.25) is 12.1 Å². The first-order valence-electron chi connectivity index (χ1n) is 9.40. The number of piperazine rings is 1. The number of pyridine rings is 2. The monoisotopic (exact) mass is 480 g/mol. The van der Waals surface area contributed by atoms with Gasteiger partial charge in [-0.25, -0.2) is 15.0 Å². The molecule has 0 unspecified atom stereocenters. The molecule has 3 aromatic heterocycles. The average molecular weight is 481 g/mol. The maximum absolute atomic E-state index is 11.5. The number of hydrogen-bond acceptors (Lipinski definition) is 9. The molecule has 0 radical (unpaired) electrons. The van der Waals surface area contributed by atoms with E-state index in [1.54, 1.807) is 17.5 Å². The van der Waals surface area contributed by atoms with Crippen LogP contribution in [0, 0.1) is 6.92 Å². The van der Waals surface area contributed by atoms with Crippen LogP contribution in [0.5, 0.6) is 0 Å². The van der Waals surface area contributed by atoms with Gasteiger partial charge in [-0.05, 0) is 36.8 Å². The molecule has 0 bridgehead atoms. The van der Waals surface area contributed by atoms with E-state index in [-0.39, 0.29) is 57.3 Å². The first kappa shape index (κ1) is 26.3. The van der Waals surface area contributed by atoms with Crippen LogP contribution >= 0.6 is 11.3 Å². The maximum atomic E-state index is 11.5. The summed E-state index contributed by atoms with van der Waals surface area (Å²) >= 11 is 1.61. The molecule has 4 rings (SSSR count). The molecule has 0 aromatic carbocycles. The quantitative estimate of drug-likeness (QED) is 0.371. The van der Waals surface area contributed by atoms with E-state index in [1.807, 2.05) is 43.5 Å². The van der Waals surface area contributed by atoms with Crippen LogP contribution in [0.25, 0.3) is 10.6 Å². The average Bonchev–Trinajstić information content (AvgIpc) is 3.16. The molecule has 1 fully saturated rings. The summed E-state index contributed by atoms with van der Waals surface area (Å²) < 4.78 is 0. The van der Waals surface area contributed by atoms with E-state index < -0.39 is 6.16 Å². The standard InChI is InChI=1S/C19H20N6OS.CH2O3.K/c1-13-5-6-20-17(9-13)24-16-4-2-3-14(23-16)15-10-22-19(27-15)12-25-8-7-21-18(26)11-25;2-1(3)4;/h2-6,9-10H,7-8,11-12H2,1H3,(H,21,26)(H,20,23,24);(H2,2,3,4);/q;;+1/p-1. The summed E-state index contributed by atoms with van der Waals surface area (Å²) in [6.07, 6.45) is 1.54. The Morgan fingerprint density at radius 2 is 2.09 bits per heavy atom. The van der Waals surface area contributed by atoms with E-state index in [1.165, 1.54) is 0 Å². The molecule has 12 heteroatoms. The minimum Gasteiger partial charge on any atom is -0.565 e. The summed E-state index contributed by atoms with van der Waals surface area (Å²) in [6.45, 7) is 4.68. The topological polar surface area (TPSA) is 143 Å². The molecule has 0 saturated carbocycles. The van der Waals surface area contributed by atoms with Gasteiger partial charge in [0.15, 0.2) is 0 Å². The number of hydrogen-bond donors (Lipinski definition) is 3. The fourth-order valence-electron chi connectivity index (χ4n) is 2.90. The zero-order valence-corrected chi connectivity index (χ0v) is 21.7. The van der Waals surface area contributed by atoms with Crippen LogP contribution in [0.4, 0.5) is 16.4 Å². The number of aryl methyl sites for hydroxylation is 1. The number of carbonyl (C=O) groups excluding carboxylic acids is 1. The molecule has 0 atom stereocenters. The molecule has 3 N–H and O–H groups in total. The van der Waals surface area contributed by atoms with Gasteiger partial charge in [0.1, 0.15) is 16.6 Å². The van der Waals surface area contributed by atoms with Crippen LogP contribution in [0.1, 0.15) is 10.6 Å². The zero-order valence-electron chi connectivity index (χ0n) is 17.7. The van der Waals surface area contributed by atoms with Crippen molar-refractivity contribution in [3.8, 4) is 10.6 Å². The number of thiazole rings is 1. The van der Waals surface area contributed by atoms with Crippen LogP contribution < -0.4 is 67.1 Å². The second kappa shape index (κ2) is 12.9. The maximum Gasteiger partial charge on any atom is 1.00 e. The van der Waals surface area contributed by atoms with E-state index in [0.717, 1.165) is 39.3 Å². The van der Waals surface area contributed by atoms with Crippen LogP contribution in [0.2, 0.25) is 0 Å². The molecular weight excluding hydrogens is 459 g/mol. The van der Waals surface area contributed by atoms with Gasteiger partial charge in [0.05, 0.1) is 23.7 Å². The van der Waals surface area contributed by atoms with Gasteiger partial charge >= 0.3 is 51.4 Å². The Morgan fingerprint density at radius 3 is 2.81 bits per heavy atom. The molecule has 3 aromatic rings. The summed E-state index contributed by atoms with van der Waals surface area (Å²) in [5, 5.41) is 22.4. The van der Waals surface area contributed by atoms with Crippen molar-refractivity contribution < 1.29 is 71.2 Å². The Bertz CT molecular complexity index is 1060. The largest absolute Gasteiger partial charge is 1.00 e. The minimum atomic E-state index is -2.08. The van der Waals surface area contributed by atoms with Gasteiger partial charge in [-0.1, -0.05) is 6.07 Å². The normalized spacial score (nSPS) is 13.2. The Morgan fingerprint density at radius 1 is 1.31 bits per heavy atom. The number of nitrogens with zero attached hydrogens (tertiary/aromatic N) is 4. The Hall–Kier alpha value is -1.93. The number of anilines is 2. The van der Waals surface area contributed by atoms with Gasteiger partial charge in [-0.2, -0.15) is 0 Å². The van der Waals surface area contributed by atoms with E-state index in [2.05, 4.69) is 30.5 Å². The van der Waals surface area contributed by atoms with Crippen LogP contribution in [0.15, 0.2) is 42.7 Å². The number of nitrogens with one attached hydrogen (secondary N) is 2. The smallest absolute Gasteiger partial charge is 0.565 e. The minimum absolute atomic E-state index is 0. The van der Waals surface area contributed by atoms with Gasteiger partial charge in [0, 0.05) is 25.5 Å². The van der Waals surface area contributed by atoms with Crippen molar-refractivity contribution >= 4 is 35.0 Å². The van der Waals surface area contributed by atoms with Gasteiger partial charge in [-0.3, -0.25) is 9.69 Å². The molecule has 1 amide bonds. The van der Waals surface area contributed by atoms with Crippen molar-refractivity contribution in [3.63, 3.8) is 0 Å². The molecule has 1 saturated heterocycles. The van der Waals surface area contributed by atoms with Gasteiger partial charge in [0.25, 0.3) is 0 Å². The Kier molecular flexibility index (Phi) is 10.6. The number of carboxylic acid groups (broad SMARTS) is 2. The van der Waals surface area contributed by atoms with E-state index in [0.29, 0.717) is 19.6 Å². The molecule has 1 aliphatic heterocycles. The van der Waals surface area contributed by atoms with Gasteiger partial charge < -0.3 is 25.6 Å². The molecule has 0 aliphatic carbocycles. The van der Waals surface area contributed by atoms with Crippen molar-refractivity contribution in [2.45, 2.75) is 13.5 Å². The Balaban J connectivity index is 0.000000672. The first-order valence-corrected chi connectivity index (χ1v) is 10.2. The molecular formula is C20H21KN6O4S. The summed E-state index contributed by atoms with van der Waals surface area (Å²) in [5.74, 6) is 1.59. The number of rotatable bonds is 5. The summed E-state index contributed by atoms with van der Waals surface area (Å²) in [7, 11) is 0. The number of amides is 1. The van der Waals surface area contributed by atoms with Crippen molar-refractivity contribution in [1.29, 1.82) is 0 Å². The Labute approximate surface area is 231 Å². The SMILES string of the molecule is Cc1ccnc(Nc2cccc(-c3cnc(CN4CCNC(=O)C4)s3)n2)c1.O=C([O-])O.[K+]. The number of aromatic nitrogens is 3. The van der Waals surface area contributed by atoms with E-state index in [4.69, 9.17) is 15.0 Å². The molecule has 4 heterocycles. The summed E-state index contributed by atoms with van der Waals surface area (Å²) in [6, 6.07) is 9.80. The van der Waals surface area contributed by atoms with Crippen molar-refractivity contribution in [3.05, 3.63) is 53.3 Å². The fourth-order valence-corrected chi connectivity index (χ4v) is 3.83. The second-order valence-corrected chi connectivity index (χ2v) is 7.81. The predicted octanol–water partition coefficient (Wildman–Crippen LogP) is -1.52. The van der Waals surface area contributed by atoms with Crippen LogP contribution in [-0.4, -0.2) is 56.7 Å². The van der Waals surface area contributed by atoms with E-state index in [9.17, 15) is 4.79 Å². The third-order valence-electron chi connectivity index (χ3n) is 4.20. The fraction of sp³-hybridized carbons (Fsp3) is 0.250. The van der Waals surface area contributed by atoms with Crippen molar-refractivity contribution in [2.75, 3.05) is 25.0 Å². The van der Waals surface area contributed by atoms with Crippen molar-refractivity contribution in [2.24, 2.45) is 0 Å². The molecule has 10 nitrogen and oxygen atoms in total. The molecule has 32 heavy (non-hydrogen) atoms. The first-order chi connectivity index (χ1) is 14.9. The van der Waals surface area contributed by atoms with Crippen LogP contribution in [0.3, 0.4) is 0 Å². The number of carbonyl (C=O) groups is 2. The molecule has 1 aliphatic rings. The van der Waals surface area contributed by atoms with Gasteiger partial charge in [-0.15, -0.1) is 11.3 Å². The molecule has 0 spiro atoms. The predicted molar refractivity (Wildman–Crippen MR) is 114 cm³/mol. The zero-order chi connectivity index (χ0) is 22.2. The summed E-state index contributed by atoms with van der Waals surface area (Å²) in [5.41, 5.74) is 2.01. The second-order valence-electron chi connectivity index (χ2n) is 6.70. The third-order valence-corrected chi connectivity index (χ3v) is 5.21. The van der Waals surface area contributed by atoms with Crippen LogP contribution in [-0.2, 0) is 11.3 Å². The van der Waals surface area contributed by atoms with E-state index >= 15 is 0 Å². The molecule has 162 valence electrons. The summed E-state index contributed by atoms with van der Waals surface area (Å²) in [4.78, 5) is 36.6. The van der Waals surface area contributed by atoms with Crippen molar-refractivity contribution in [1.82, 2.24) is 25.2 Å².